The maximum Gasteiger partial charge on any atom is 0.226 e. The van der Waals surface area contributed by atoms with Crippen LogP contribution in [0.2, 0.25) is 5.02 Å². The molecule has 0 amide bonds. The maximum atomic E-state index is 6.13. The highest BCUT2D eigenvalue weighted by Gasteiger charge is 2.16. The van der Waals surface area contributed by atoms with Gasteiger partial charge in [-0.3, -0.25) is 4.40 Å². The zero-order valence-electron chi connectivity index (χ0n) is 13.0. The van der Waals surface area contributed by atoms with Gasteiger partial charge < -0.3 is 4.90 Å². The van der Waals surface area contributed by atoms with Crippen LogP contribution in [0.3, 0.4) is 0 Å². The summed E-state index contributed by atoms with van der Waals surface area (Å²) < 4.78 is 1.98. The van der Waals surface area contributed by atoms with E-state index < -0.39 is 0 Å². The second kappa shape index (κ2) is 5.81. The molecule has 5 nitrogen and oxygen atoms in total. The van der Waals surface area contributed by atoms with Gasteiger partial charge in [0.15, 0.2) is 0 Å². The largest absolute Gasteiger partial charge is 0.341 e. The van der Waals surface area contributed by atoms with E-state index in [1.807, 2.05) is 41.9 Å². The van der Waals surface area contributed by atoms with E-state index in [0.717, 1.165) is 41.8 Å². The number of piperidine rings is 1. The van der Waals surface area contributed by atoms with Crippen LogP contribution in [-0.4, -0.2) is 32.4 Å². The number of hydrogen-bond donors (Lipinski definition) is 0. The van der Waals surface area contributed by atoms with E-state index in [1.165, 1.54) is 19.3 Å². The predicted molar refractivity (Wildman–Crippen MR) is 92.0 cm³/mol. The molecule has 0 spiro atoms. The van der Waals surface area contributed by atoms with Crippen LogP contribution < -0.4 is 4.90 Å². The van der Waals surface area contributed by atoms with Crippen LogP contribution in [0.25, 0.3) is 17.0 Å². The number of aryl methyl sites for hydroxylation is 1. The molecule has 1 fully saturated rings. The van der Waals surface area contributed by atoms with Gasteiger partial charge in [0.1, 0.15) is 5.65 Å². The Hall–Kier alpha value is -2.14. The fourth-order valence-electron chi connectivity index (χ4n) is 3.06. The lowest BCUT2D eigenvalue weighted by atomic mass is 10.1. The Morgan fingerprint density at radius 2 is 1.91 bits per heavy atom. The second-order valence-electron chi connectivity index (χ2n) is 5.96. The smallest absolute Gasteiger partial charge is 0.226 e. The topological polar surface area (TPSA) is 46.3 Å². The second-order valence-corrected chi connectivity index (χ2v) is 6.40. The molecule has 6 heteroatoms. The van der Waals surface area contributed by atoms with Crippen LogP contribution in [0, 0.1) is 6.92 Å². The molecule has 4 rings (SSSR count). The highest BCUT2D eigenvalue weighted by molar-refractivity contribution is 6.30. The van der Waals surface area contributed by atoms with Gasteiger partial charge in [0.25, 0.3) is 0 Å². The Kier molecular flexibility index (Phi) is 3.65. The fourth-order valence-corrected chi connectivity index (χ4v) is 3.22. The molecular formula is C17H18ClN5. The average molecular weight is 328 g/mol. The lowest BCUT2D eigenvalue weighted by molar-refractivity contribution is 0.568. The van der Waals surface area contributed by atoms with Crippen molar-refractivity contribution < 1.29 is 0 Å². The Morgan fingerprint density at radius 3 is 2.74 bits per heavy atom. The molecule has 4 heterocycles. The van der Waals surface area contributed by atoms with E-state index in [4.69, 9.17) is 16.6 Å². The van der Waals surface area contributed by atoms with Crippen molar-refractivity contribution in [1.29, 1.82) is 0 Å². The van der Waals surface area contributed by atoms with E-state index in [1.54, 1.807) is 0 Å². The third kappa shape index (κ3) is 2.77. The molecular weight excluding hydrogens is 310 g/mol. The fraction of sp³-hybridized carbons (Fsp3) is 0.353. The summed E-state index contributed by atoms with van der Waals surface area (Å²) in [6, 6.07) is 5.75. The Balaban J connectivity index is 1.81. The van der Waals surface area contributed by atoms with Gasteiger partial charge in [-0.2, -0.15) is 0 Å². The Bertz CT molecular complexity index is 851. The molecule has 118 valence electrons. The van der Waals surface area contributed by atoms with Gasteiger partial charge in [0, 0.05) is 25.0 Å². The Labute approximate surface area is 140 Å². The molecule has 0 saturated carbocycles. The van der Waals surface area contributed by atoms with Crippen molar-refractivity contribution >= 4 is 23.2 Å². The molecule has 0 aliphatic carbocycles. The summed E-state index contributed by atoms with van der Waals surface area (Å²) in [5, 5.41) is 0.679. The average Bonchev–Trinajstić information content (AvgIpc) is 2.98. The lowest BCUT2D eigenvalue weighted by Crippen LogP contribution is -2.31. The lowest BCUT2D eigenvalue weighted by Gasteiger charge is -2.27. The van der Waals surface area contributed by atoms with Crippen molar-refractivity contribution in [2.24, 2.45) is 0 Å². The third-order valence-electron chi connectivity index (χ3n) is 4.21. The standard InChI is InChI=1S/C17H18ClN5/c1-12-9-14(21-17(20-12)22-7-3-2-4-8-22)15-10-19-16-6-5-13(18)11-23(15)16/h5-6,9-11H,2-4,7-8H2,1H3. The van der Waals surface area contributed by atoms with Crippen LogP contribution in [-0.2, 0) is 0 Å². The summed E-state index contributed by atoms with van der Waals surface area (Å²) >= 11 is 6.13. The molecule has 1 saturated heterocycles. The van der Waals surface area contributed by atoms with E-state index in [2.05, 4.69) is 14.9 Å². The molecule has 1 aliphatic rings. The van der Waals surface area contributed by atoms with Crippen molar-refractivity contribution in [3.05, 3.63) is 41.3 Å². The minimum Gasteiger partial charge on any atom is -0.341 e. The first-order chi connectivity index (χ1) is 11.2. The number of hydrogen-bond acceptors (Lipinski definition) is 4. The van der Waals surface area contributed by atoms with Gasteiger partial charge in [-0.1, -0.05) is 11.6 Å². The van der Waals surface area contributed by atoms with Crippen molar-refractivity contribution in [3.8, 4) is 11.4 Å². The van der Waals surface area contributed by atoms with Crippen LogP contribution >= 0.6 is 11.6 Å². The molecule has 0 radical (unpaired) electrons. The number of rotatable bonds is 2. The molecule has 0 N–H and O–H groups in total. The Morgan fingerprint density at radius 1 is 1.09 bits per heavy atom. The molecule has 23 heavy (non-hydrogen) atoms. The molecule has 0 bridgehead atoms. The van der Waals surface area contributed by atoms with Crippen molar-refractivity contribution in [1.82, 2.24) is 19.4 Å². The van der Waals surface area contributed by atoms with E-state index in [9.17, 15) is 0 Å². The van der Waals surface area contributed by atoms with Crippen LogP contribution in [0.15, 0.2) is 30.6 Å². The zero-order valence-corrected chi connectivity index (χ0v) is 13.8. The van der Waals surface area contributed by atoms with Crippen molar-refractivity contribution in [2.45, 2.75) is 26.2 Å². The molecule has 3 aromatic heterocycles. The first-order valence-electron chi connectivity index (χ1n) is 7.94. The van der Waals surface area contributed by atoms with Crippen LogP contribution in [0.1, 0.15) is 25.0 Å². The number of fused-ring (bicyclic) bond motifs is 1. The number of halogens is 1. The summed E-state index contributed by atoms with van der Waals surface area (Å²) in [6.45, 7) is 4.07. The normalized spacial score (nSPS) is 15.3. The van der Waals surface area contributed by atoms with Gasteiger partial charge in [-0.25, -0.2) is 15.0 Å². The highest BCUT2D eigenvalue weighted by atomic mass is 35.5. The first kappa shape index (κ1) is 14.5. The number of nitrogens with zero attached hydrogens (tertiary/aromatic N) is 5. The van der Waals surface area contributed by atoms with Crippen LogP contribution in [0.4, 0.5) is 5.95 Å². The van der Waals surface area contributed by atoms with Gasteiger partial charge in [-0.15, -0.1) is 0 Å². The molecule has 0 atom stereocenters. The molecule has 3 aromatic rings. The monoisotopic (exact) mass is 327 g/mol. The van der Waals surface area contributed by atoms with Crippen LogP contribution in [0.5, 0.6) is 0 Å². The number of imidazole rings is 1. The summed E-state index contributed by atoms with van der Waals surface area (Å²) in [7, 11) is 0. The third-order valence-corrected chi connectivity index (χ3v) is 4.44. The predicted octanol–water partition coefficient (Wildman–Crippen LogP) is 3.74. The summed E-state index contributed by atoms with van der Waals surface area (Å²) in [5.74, 6) is 0.816. The van der Waals surface area contributed by atoms with E-state index in [-0.39, 0.29) is 0 Å². The van der Waals surface area contributed by atoms with Gasteiger partial charge in [0.2, 0.25) is 5.95 Å². The van der Waals surface area contributed by atoms with Gasteiger partial charge in [0.05, 0.1) is 22.6 Å². The molecule has 1 aliphatic heterocycles. The summed E-state index contributed by atoms with van der Waals surface area (Å²) in [4.78, 5) is 16.1. The first-order valence-corrected chi connectivity index (χ1v) is 8.32. The quantitative estimate of drug-likeness (QED) is 0.719. The summed E-state index contributed by atoms with van der Waals surface area (Å²) in [6.07, 6.45) is 7.42. The van der Waals surface area contributed by atoms with Crippen molar-refractivity contribution in [3.63, 3.8) is 0 Å². The molecule has 0 unspecified atom stereocenters. The van der Waals surface area contributed by atoms with Gasteiger partial charge >= 0.3 is 0 Å². The number of aromatic nitrogens is 4. The van der Waals surface area contributed by atoms with Crippen molar-refractivity contribution in [2.75, 3.05) is 18.0 Å². The maximum absolute atomic E-state index is 6.13. The summed E-state index contributed by atoms with van der Waals surface area (Å²) in [5.41, 5.74) is 3.65. The van der Waals surface area contributed by atoms with E-state index in [0.29, 0.717) is 5.02 Å². The minimum atomic E-state index is 0.679. The number of anilines is 1. The molecule has 0 aromatic carbocycles. The van der Waals surface area contributed by atoms with Gasteiger partial charge in [-0.05, 0) is 44.4 Å². The van der Waals surface area contributed by atoms with E-state index >= 15 is 0 Å². The number of pyridine rings is 1. The zero-order chi connectivity index (χ0) is 15.8. The minimum absolute atomic E-state index is 0.679. The highest BCUT2D eigenvalue weighted by Crippen LogP contribution is 2.24. The SMILES string of the molecule is Cc1cc(-c2cnc3ccc(Cl)cn23)nc(N2CCCCC2)n1.